The summed E-state index contributed by atoms with van der Waals surface area (Å²) in [6.45, 7) is 1.80. The molecule has 14 heavy (non-hydrogen) atoms. The second-order valence-electron chi connectivity index (χ2n) is 3.19. The second kappa shape index (κ2) is 4.19. The predicted octanol–water partition coefficient (Wildman–Crippen LogP) is 1.91. The van der Waals surface area contributed by atoms with Gasteiger partial charge in [0.2, 0.25) is 0 Å². The first kappa shape index (κ1) is 10.7. The first-order valence-corrected chi connectivity index (χ1v) is 4.53. The third-order valence-corrected chi connectivity index (χ3v) is 2.14. The van der Waals surface area contributed by atoms with E-state index in [2.05, 4.69) is 0 Å². The van der Waals surface area contributed by atoms with Crippen LogP contribution in [0.4, 0.5) is 0 Å². The Morgan fingerprint density at radius 3 is 2.43 bits per heavy atom. The molecule has 4 heteroatoms. The van der Waals surface area contributed by atoms with Crippen molar-refractivity contribution in [1.29, 1.82) is 0 Å². The van der Waals surface area contributed by atoms with Crippen LogP contribution in [0.3, 0.4) is 0 Å². The SMILES string of the molecule is CCCC(O)(c1ccccc1)[N+](=O)[O-]. The number of rotatable bonds is 4. The fraction of sp³-hybridized carbons (Fsp3) is 0.400. The summed E-state index contributed by atoms with van der Waals surface area (Å²) in [6.07, 6.45) is 0.691. The first-order chi connectivity index (χ1) is 6.61. The quantitative estimate of drug-likeness (QED) is 0.453. The van der Waals surface area contributed by atoms with Crippen molar-refractivity contribution in [2.75, 3.05) is 0 Å². The molecule has 1 atom stereocenters. The number of nitrogens with zero attached hydrogens (tertiary/aromatic N) is 1. The molecule has 0 amide bonds. The van der Waals surface area contributed by atoms with Crippen LogP contribution in [-0.2, 0) is 5.72 Å². The molecule has 1 aromatic carbocycles. The Kier molecular flexibility index (Phi) is 3.19. The summed E-state index contributed by atoms with van der Waals surface area (Å²) in [5.41, 5.74) is -1.59. The van der Waals surface area contributed by atoms with Gasteiger partial charge in [0.25, 0.3) is 0 Å². The van der Waals surface area contributed by atoms with Crippen molar-refractivity contribution in [1.82, 2.24) is 0 Å². The zero-order valence-electron chi connectivity index (χ0n) is 8.01. The van der Waals surface area contributed by atoms with Crippen LogP contribution < -0.4 is 0 Å². The van der Waals surface area contributed by atoms with Crippen LogP contribution in [0, 0.1) is 10.1 Å². The summed E-state index contributed by atoms with van der Waals surface area (Å²) in [6, 6.07) is 8.26. The molecule has 0 aliphatic carbocycles. The minimum absolute atomic E-state index is 0.129. The Labute approximate surface area is 82.3 Å². The Morgan fingerprint density at radius 2 is 2.00 bits per heavy atom. The standard InChI is InChI=1S/C10H13NO3/c1-2-8-10(12,11(13)14)9-6-4-3-5-7-9/h3-7,12H,2,8H2,1H3. The molecular weight excluding hydrogens is 182 g/mol. The van der Waals surface area contributed by atoms with Crippen molar-refractivity contribution in [2.24, 2.45) is 0 Å². The van der Waals surface area contributed by atoms with Crippen LogP contribution in [0.15, 0.2) is 30.3 Å². The maximum atomic E-state index is 10.8. The van der Waals surface area contributed by atoms with Gasteiger partial charge in [-0.15, -0.1) is 0 Å². The average molecular weight is 195 g/mol. The van der Waals surface area contributed by atoms with Crippen LogP contribution >= 0.6 is 0 Å². The molecule has 0 heterocycles. The molecule has 4 nitrogen and oxygen atoms in total. The lowest BCUT2D eigenvalue weighted by Gasteiger charge is -2.18. The Bertz CT molecular complexity index is 312. The maximum absolute atomic E-state index is 10.8. The summed E-state index contributed by atoms with van der Waals surface area (Å²) >= 11 is 0. The van der Waals surface area contributed by atoms with Crippen molar-refractivity contribution in [3.05, 3.63) is 46.0 Å². The van der Waals surface area contributed by atoms with Crippen molar-refractivity contribution in [3.63, 3.8) is 0 Å². The second-order valence-corrected chi connectivity index (χ2v) is 3.19. The van der Waals surface area contributed by atoms with Crippen LogP contribution in [-0.4, -0.2) is 10.0 Å². The van der Waals surface area contributed by atoms with Crippen molar-refractivity contribution in [2.45, 2.75) is 25.5 Å². The van der Waals surface area contributed by atoms with E-state index in [1.165, 1.54) is 0 Å². The normalized spacial score (nSPS) is 14.7. The number of hydrogen-bond acceptors (Lipinski definition) is 3. The number of hydrogen-bond donors (Lipinski definition) is 1. The van der Waals surface area contributed by atoms with Gasteiger partial charge in [-0.3, -0.25) is 10.1 Å². The Morgan fingerprint density at radius 1 is 1.43 bits per heavy atom. The third-order valence-electron chi connectivity index (χ3n) is 2.14. The van der Waals surface area contributed by atoms with E-state index >= 15 is 0 Å². The average Bonchev–Trinajstić information content (AvgIpc) is 2.19. The van der Waals surface area contributed by atoms with Crippen LogP contribution in [0.1, 0.15) is 25.3 Å². The van der Waals surface area contributed by atoms with Gasteiger partial charge in [-0.05, 0) is 18.6 Å². The molecule has 0 saturated carbocycles. The molecule has 76 valence electrons. The molecule has 1 rings (SSSR count). The monoisotopic (exact) mass is 195 g/mol. The van der Waals surface area contributed by atoms with E-state index in [9.17, 15) is 15.2 Å². The van der Waals surface area contributed by atoms with Crippen molar-refractivity contribution >= 4 is 0 Å². The van der Waals surface area contributed by atoms with Gasteiger partial charge in [0.15, 0.2) is 0 Å². The van der Waals surface area contributed by atoms with Gasteiger partial charge in [-0.1, -0.05) is 25.1 Å². The predicted molar refractivity (Wildman–Crippen MR) is 52.2 cm³/mol. The fourth-order valence-electron chi connectivity index (χ4n) is 1.39. The number of nitro groups is 1. The largest absolute Gasteiger partial charge is 0.348 e. The van der Waals surface area contributed by atoms with E-state index < -0.39 is 10.6 Å². The summed E-state index contributed by atoms with van der Waals surface area (Å²) in [7, 11) is 0. The number of benzene rings is 1. The highest BCUT2D eigenvalue weighted by Gasteiger charge is 2.41. The lowest BCUT2D eigenvalue weighted by molar-refractivity contribution is -0.637. The number of aliphatic hydroxyl groups is 1. The zero-order valence-corrected chi connectivity index (χ0v) is 8.01. The smallest absolute Gasteiger partial charge is 0.327 e. The minimum Gasteiger partial charge on any atom is -0.327 e. The molecular formula is C10H13NO3. The van der Waals surface area contributed by atoms with Gasteiger partial charge in [-0.25, -0.2) is 0 Å². The first-order valence-electron chi connectivity index (χ1n) is 4.53. The van der Waals surface area contributed by atoms with E-state index in [1.807, 2.05) is 0 Å². The molecule has 0 aliphatic rings. The maximum Gasteiger partial charge on any atom is 0.348 e. The van der Waals surface area contributed by atoms with Gasteiger partial charge >= 0.3 is 5.72 Å². The van der Waals surface area contributed by atoms with Crippen molar-refractivity contribution in [3.8, 4) is 0 Å². The summed E-state index contributed by atoms with van der Waals surface area (Å²) in [4.78, 5) is 10.1. The molecule has 0 spiro atoms. The summed E-state index contributed by atoms with van der Waals surface area (Å²) in [5.74, 6) is 0. The molecule has 0 bridgehead atoms. The van der Waals surface area contributed by atoms with E-state index in [-0.39, 0.29) is 6.42 Å². The third kappa shape index (κ3) is 1.90. The molecule has 0 saturated heterocycles. The van der Waals surface area contributed by atoms with E-state index in [4.69, 9.17) is 0 Å². The topological polar surface area (TPSA) is 63.4 Å². The lowest BCUT2D eigenvalue weighted by Crippen LogP contribution is -2.34. The van der Waals surface area contributed by atoms with Gasteiger partial charge in [0.1, 0.15) is 0 Å². The van der Waals surface area contributed by atoms with Crippen molar-refractivity contribution < 1.29 is 10.0 Å². The van der Waals surface area contributed by atoms with E-state index in [1.54, 1.807) is 37.3 Å². The zero-order chi connectivity index (χ0) is 10.6. The van der Waals surface area contributed by atoms with Crippen LogP contribution in [0.5, 0.6) is 0 Å². The molecule has 0 fully saturated rings. The van der Waals surface area contributed by atoms with E-state index in [0.717, 1.165) is 0 Å². The Hall–Kier alpha value is -1.42. The van der Waals surface area contributed by atoms with Gasteiger partial charge in [0.05, 0.1) is 10.5 Å². The molecule has 1 aromatic rings. The summed E-state index contributed by atoms with van der Waals surface area (Å²) in [5, 5.41) is 20.6. The summed E-state index contributed by atoms with van der Waals surface area (Å²) < 4.78 is 0. The highest BCUT2D eigenvalue weighted by atomic mass is 16.7. The molecule has 1 N–H and O–H groups in total. The lowest BCUT2D eigenvalue weighted by atomic mass is 9.99. The molecule has 0 aliphatic heterocycles. The Balaban J connectivity index is 3.06. The van der Waals surface area contributed by atoms with Gasteiger partial charge in [-0.2, -0.15) is 0 Å². The van der Waals surface area contributed by atoms with Gasteiger partial charge < -0.3 is 5.11 Å². The fourth-order valence-corrected chi connectivity index (χ4v) is 1.39. The minimum atomic E-state index is -1.93. The highest BCUT2D eigenvalue weighted by molar-refractivity contribution is 5.19. The molecule has 1 unspecified atom stereocenters. The van der Waals surface area contributed by atoms with Crippen LogP contribution in [0.25, 0.3) is 0 Å². The highest BCUT2D eigenvalue weighted by Crippen LogP contribution is 2.26. The van der Waals surface area contributed by atoms with E-state index in [0.29, 0.717) is 12.0 Å². The van der Waals surface area contributed by atoms with Crippen LogP contribution in [0.2, 0.25) is 0 Å². The molecule has 0 radical (unpaired) electrons. The molecule has 0 aromatic heterocycles. The van der Waals surface area contributed by atoms with Gasteiger partial charge in [0, 0.05) is 6.42 Å².